The maximum Gasteiger partial charge on any atom is 0.303 e. The van der Waals surface area contributed by atoms with Gasteiger partial charge in [0.1, 0.15) is 12.0 Å². The van der Waals surface area contributed by atoms with Gasteiger partial charge in [-0.3, -0.25) is 19.2 Å². The summed E-state index contributed by atoms with van der Waals surface area (Å²) in [5.74, 6) is -2.63. The van der Waals surface area contributed by atoms with Crippen molar-refractivity contribution in [3.8, 4) is 0 Å². The van der Waals surface area contributed by atoms with Crippen molar-refractivity contribution in [2.24, 2.45) is 0 Å². The SMILES string of the molecule is CC(=O)OC[C@H]1S[C@@H](O)[C@H](OC(C)=O)[C@@H](OC(C)=O)[C@@H]1OC(C)=O. The molecule has 1 fully saturated rings. The molecule has 0 bridgehead atoms. The number of carbonyl (C=O) groups is 4. The monoisotopic (exact) mass is 364 g/mol. The molecule has 5 atom stereocenters. The Balaban J connectivity index is 3.11. The Kier molecular flexibility index (Phi) is 7.49. The van der Waals surface area contributed by atoms with Gasteiger partial charge in [0.2, 0.25) is 0 Å². The summed E-state index contributed by atoms with van der Waals surface area (Å²) in [5, 5.41) is 9.50. The summed E-state index contributed by atoms with van der Waals surface area (Å²) in [4.78, 5) is 45.0. The largest absolute Gasteiger partial charge is 0.465 e. The van der Waals surface area contributed by atoms with Crippen LogP contribution < -0.4 is 0 Å². The van der Waals surface area contributed by atoms with Crippen molar-refractivity contribution in [2.45, 2.75) is 56.7 Å². The van der Waals surface area contributed by atoms with Crippen molar-refractivity contribution in [1.82, 2.24) is 0 Å². The van der Waals surface area contributed by atoms with Crippen molar-refractivity contribution < 1.29 is 43.2 Å². The first kappa shape index (κ1) is 20.2. The summed E-state index contributed by atoms with van der Waals surface area (Å²) in [5.41, 5.74) is -1.26. The molecule has 9 nitrogen and oxygen atoms in total. The van der Waals surface area contributed by atoms with E-state index in [0.29, 0.717) is 0 Å². The molecular formula is C14H20O9S. The molecule has 1 N–H and O–H groups in total. The van der Waals surface area contributed by atoms with Crippen LogP contribution in [0.2, 0.25) is 0 Å². The van der Waals surface area contributed by atoms with Crippen LogP contribution in [0.15, 0.2) is 0 Å². The van der Waals surface area contributed by atoms with Crippen molar-refractivity contribution >= 4 is 35.6 Å². The standard InChI is InChI=1S/C14H20O9S/c1-6(15)20-5-10-11(21-7(2)16)12(22-8(3)17)13(14(19)24-10)23-9(4)18/h10-14,19H,5H2,1-4H3/t10-,11-,12+,13-,14-/m1/s1. The maximum absolute atomic E-state index is 11.4. The van der Waals surface area contributed by atoms with Crippen LogP contribution in [0, 0.1) is 0 Å². The molecule has 1 rings (SSSR count). The summed E-state index contributed by atoms with van der Waals surface area (Å²) in [6, 6.07) is 0. The van der Waals surface area contributed by atoms with E-state index in [1.807, 2.05) is 0 Å². The van der Waals surface area contributed by atoms with Gasteiger partial charge in [-0.05, 0) is 0 Å². The third-order valence-corrected chi connectivity index (χ3v) is 4.27. The van der Waals surface area contributed by atoms with E-state index in [1.165, 1.54) is 6.92 Å². The number of rotatable bonds is 5. The van der Waals surface area contributed by atoms with Gasteiger partial charge in [0, 0.05) is 27.7 Å². The van der Waals surface area contributed by atoms with Crippen LogP contribution in [0.4, 0.5) is 0 Å². The van der Waals surface area contributed by atoms with E-state index in [9.17, 15) is 24.3 Å². The molecule has 1 heterocycles. The van der Waals surface area contributed by atoms with E-state index in [1.54, 1.807) is 0 Å². The number of aliphatic hydroxyl groups is 1. The average Bonchev–Trinajstić information content (AvgIpc) is 2.42. The molecule has 136 valence electrons. The van der Waals surface area contributed by atoms with Crippen LogP contribution in [-0.2, 0) is 38.1 Å². The Bertz CT molecular complexity index is 506. The van der Waals surface area contributed by atoms with Gasteiger partial charge >= 0.3 is 23.9 Å². The van der Waals surface area contributed by atoms with Gasteiger partial charge < -0.3 is 24.1 Å². The quantitative estimate of drug-likeness (QED) is 0.517. The lowest BCUT2D eigenvalue weighted by Crippen LogP contribution is -2.58. The van der Waals surface area contributed by atoms with Crippen LogP contribution in [0.5, 0.6) is 0 Å². The summed E-state index contributed by atoms with van der Waals surface area (Å²) in [6.07, 6.45) is -3.52. The van der Waals surface area contributed by atoms with E-state index < -0.39 is 52.9 Å². The van der Waals surface area contributed by atoms with Crippen LogP contribution in [0.3, 0.4) is 0 Å². The molecule has 0 unspecified atom stereocenters. The predicted octanol–water partition coefficient (Wildman–Crippen LogP) is -0.222. The first-order valence-electron chi connectivity index (χ1n) is 7.10. The number of ether oxygens (including phenoxy) is 4. The zero-order chi connectivity index (χ0) is 18.4. The lowest BCUT2D eigenvalue weighted by Gasteiger charge is -2.42. The van der Waals surface area contributed by atoms with Gasteiger partial charge in [0.15, 0.2) is 18.3 Å². The van der Waals surface area contributed by atoms with Crippen molar-refractivity contribution in [2.75, 3.05) is 6.61 Å². The summed E-state index contributed by atoms with van der Waals surface area (Å²) < 4.78 is 20.2. The van der Waals surface area contributed by atoms with Gasteiger partial charge in [0.25, 0.3) is 0 Å². The fraction of sp³-hybridized carbons (Fsp3) is 0.714. The highest BCUT2D eigenvalue weighted by Crippen LogP contribution is 2.36. The highest BCUT2D eigenvalue weighted by atomic mass is 32.2. The van der Waals surface area contributed by atoms with Gasteiger partial charge in [-0.1, -0.05) is 0 Å². The van der Waals surface area contributed by atoms with E-state index >= 15 is 0 Å². The number of hydrogen-bond acceptors (Lipinski definition) is 10. The Morgan fingerprint density at radius 1 is 0.792 bits per heavy atom. The number of hydrogen-bond donors (Lipinski definition) is 1. The Morgan fingerprint density at radius 2 is 1.25 bits per heavy atom. The smallest absolute Gasteiger partial charge is 0.303 e. The third-order valence-electron chi connectivity index (χ3n) is 2.97. The average molecular weight is 364 g/mol. The minimum atomic E-state index is -1.26. The van der Waals surface area contributed by atoms with Crippen LogP contribution in [0.1, 0.15) is 27.7 Å². The molecule has 24 heavy (non-hydrogen) atoms. The van der Waals surface area contributed by atoms with Crippen molar-refractivity contribution in [1.29, 1.82) is 0 Å². The van der Waals surface area contributed by atoms with Crippen LogP contribution in [-0.4, -0.2) is 64.6 Å². The highest BCUT2D eigenvalue weighted by Gasteiger charge is 2.51. The molecule has 1 aliphatic rings. The van der Waals surface area contributed by atoms with Crippen molar-refractivity contribution in [3.63, 3.8) is 0 Å². The van der Waals surface area contributed by atoms with E-state index in [4.69, 9.17) is 18.9 Å². The Morgan fingerprint density at radius 3 is 1.71 bits per heavy atom. The minimum absolute atomic E-state index is 0.181. The second-order valence-electron chi connectivity index (χ2n) is 5.09. The number of esters is 4. The zero-order valence-corrected chi connectivity index (χ0v) is 14.5. The van der Waals surface area contributed by atoms with Gasteiger partial charge in [0.05, 0.1) is 5.25 Å². The van der Waals surface area contributed by atoms with Crippen LogP contribution >= 0.6 is 11.8 Å². The maximum atomic E-state index is 11.4. The molecule has 0 aromatic carbocycles. The molecule has 1 aliphatic heterocycles. The Labute approximate surface area is 142 Å². The van der Waals surface area contributed by atoms with E-state index in [-0.39, 0.29) is 6.61 Å². The number of aliphatic hydroxyl groups excluding tert-OH is 1. The zero-order valence-electron chi connectivity index (χ0n) is 13.7. The third kappa shape index (κ3) is 6.00. The molecule has 1 saturated heterocycles. The molecule has 0 saturated carbocycles. The fourth-order valence-corrected chi connectivity index (χ4v) is 3.44. The van der Waals surface area contributed by atoms with Gasteiger partial charge in [-0.25, -0.2) is 0 Å². The molecule has 0 aromatic heterocycles. The fourth-order valence-electron chi connectivity index (χ4n) is 2.21. The topological polar surface area (TPSA) is 125 Å². The lowest BCUT2D eigenvalue weighted by molar-refractivity contribution is -0.191. The van der Waals surface area contributed by atoms with Crippen molar-refractivity contribution in [3.05, 3.63) is 0 Å². The molecule has 0 aliphatic carbocycles. The number of thioether (sulfide) groups is 1. The van der Waals surface area contributed by atoms with Crippen LogP contribution in [0.25, 0.3) is 0 Å². The predicted molar refractivity (Wildman–Crippen MR) is 80.7 cm³/mol. The summed E-state index contributed by atoms with van der Waals surface area (Å²) >= 11 is 0.892. The van der Waals surface area contributed by atoms with E-state index in [0.717, 1.165) is 32.5 Å². The molecule has 0 radical (unpaired) electrons. The molecule has 0 spiro atoms. The highest BCUT2D eigenvalue weighted by molar-refractivity contribution is 8.00. The second kappa shape index (κ2) is 8.88. The first-order chi connectivity index (χ1) is 11.1. The van der Waals surface area contributed by atoms with E-state index in [2.05, 4.69) is 0 Å². The normalized spacial score (nSPS) is 29.3. The minimum Gasteiger partial charge on any atom is -0.465 e. The molecule has 0 amide bonds. The number of carbonyl (C=O) groups excluding carboxylic acids is 4. The Hall–Kier alpha value is -1.81. The molecule has 10 heteroatoms. The van der Waals surface area contributed by atoms with Gasteiger partial charge in [-0.15, -0.1) is 11.8 Å². The molecule has 0 aromatic rings. The second-order valence-corrected chi connectivity index (χ2v) is 6.45. The van der Waals surface area contributed by atoms with Gasteiger partial charge in [-0.2, -0.15) is 0 Å². The molecular weight excluding hydrogens is 344 g/mol. The lowest BCUT2D eigenvalue weighted by atomic mass is 10.0. The first-order valence-corrected chi connectivity index (χ1v) is 8.04. The summed E-state index contributed by atoms with van der Waals surface area (Å²) in [7, 11) is 0. The summed E-state index contributed by atoms with van der Waals surface area (Å²) in [6.45, 7) is 4.44.